The molecule has 0 bridgehead atoms. The molecule has 0 atom stereocenters. The van der Waals surface area contributed by atoms with Gasteiger partial charge in [0.2, 0.25) is 0 Å². The summed E-state index contributed by atoms with van der Waals surface area (Å²) in [5, 5.41) is 6.20. The number of amides is 1. The van der Waals surface area contributed by atoms with E-state index in [0.717, 1.165) is 5.69 Å². The molecule has 3 aromatic rings. The number of carbonyl (C=O) groups excluding carboxylic acids is 1. The van der Waals surface area contributed by atoms with E-state index in [0.29, 0.717) is 28.0 Å². The van der Waals surface area contributed by atoms with Crippen molar-refractivity contribution in [2.24, 2.45) is 0 Å². The lowest BCUT2D eigenvalue weighted by molar-refractivity contribution is 0.102. The van der Waals surface area contributed by atoms with Crippen LogP contribution in [0.2, 0.25) is 5.02 Å². The molecule has 8 heteroatoms. The second kappa shape index (κ2) is 8.37. The van der Waals surface area contributed by atoms with E-state index in [4.69, 9.17) is 21.1 Å². The number of carbonyl (C=O) groups is 1. The van der Waals surface area contributed by atoms with Crippen molar-refractivity contribution < 1.29 is 14.3 Å². The first-order valence-corrected chi connectivity index (χ1v) is 8.35. The van der Waals surface area contributed by atoms with Gasteiger partial charge in [0, 0.05) is 17.8 Å². The monoisotopic (exact) mass is 384 g/mol. The van der Waals surface area contributed by atoms with Crippen LogP contribution in [0.25, 0.3) is 0 Å². The zero-order valence-electron chi connectivity index (χ0n) is 14.7. The Kier molecular flexibility index (Phi) is 5.73. The molecule has 1 amide bonds. The number of nitrogens with zero attached hydrogens (tertiary/aromatic N) is 2. The van der Waals surface area contributed by atoms with Crippen LogP contribution in [-0.4, -0.2) is 30.1 Å². The summed E-state index contributed by atoms with van der Waals surface area (Å²) in [6, 6.07) is 12.7. The van der Waals surface area contributed by atoms with Gasteiger partial charge in [0.05, 0.1) is 37.3 Å². The van der Waals surface area contributed by atoms with Crippen molar-refractivity contribution in [3.05, 3.63) is 65.6 Å². The topological polar surface area (TPSA) is 85.4 Å². The van der Waals surface area contributed by atoms with Gasteiger partial charge in [-0.2, -0.15) is 0 Å². The lowest BCUT2D eigenvalue weighted by Crippen LogP contribution is -2.15. The van der Waals surface area contributed by atoms with E-state index in [1.165, 1.54) is 26.6 Å². The molecule has 0 aliphatic carbocycles. The number of methoxy groups -OCH3 is 2. The fraction of sp³-hybridized carbons (Fsp3) is 0.105. The zero-order chi connectivity index (χ0) is 19.2. The standard InChI is InChI=1S/C19H17ClN4O3/c1-26-16-9-14(17(27-2)8-13(16)20)24-19(25)15-10-22-18(11-21-15)23-12-6-4-3-5-7-12/h3-11H,1-2H3,(H,22,23)(H,24,25). The van der Waals surface area contributed by atoms with Gasteiger partial charge in [-0.15, -0.1) is 0 Å². The van der Waals surface area contributed by atoms with Gasteiger partial charge in [0.1, 0.15) is 23.0 Å². The normalized spacial score (nSPS) is 10.2. The molecule has 2 aromatic carbocycles. The van der Waals surface area contributed by atoms with Crippen LogP contribution in [0.3, 0.4) is 0 Å². The van der Waals surface area contributed by atoms with Crippen molar-refractivity contribution >= 4 is 34.7 Å². The maximum atomic E-state index is 12.5. The van der Waals surface area contributed by atoms with E-state index < -0.39 is 5.91 Å². The molecular formula is C19H17ClN4O3. The summed E-state index contributed by atoms with van der Waals surface area (Å²) in [6.07, 6.45) is 2.88. The number of aromatic nitrogens is 2. The van der Waals surface area contributed by atoms with Crippen LogP contribution in [0.1, 0.15) is 10.5 Å². The summed E-state index contributed by atoms with van der Waals surface area (Å²) in [4.78, 5) is 20.8. The predicted molar refractivity (Wildman–Crippen MR) is 104 cm³/mol. The minimum Gasteiger partial charge on any atom is -0.495 e. The van der Waals surface area contributed by atoms with E-state index in [1.807, 2.05) is 30.3 Å². The van der Waals surface area contributed by atoms with Gasteiger partial charge in [-0.05, 0) is 12.1 Å². The first-order valence-electron chi connectivity index (χ1n) is 7.97. The van der Waals surface area contributed by atoms with Gasteiger partial charge >= 0.3 is 0 Å². The first kappa shape index (κ1) is 18.5. The fourth-order valence-corrected chi connectivity index (χ4v) is 2.55. The molecule has 0 unspecified atom stereocenters. The summed E-state index contributed by atoms with van der Waals surface area (Å²) in [7, 11) is 2.97. The van der Waals surface area contributed by atoms with Crippen LogP contribution >= 0.6 is 11.6 Å². The van der Waals surface area contributed by atoms with Crippen LogP contribution in [0.4, 0.5) is 17.2 Å². The Hall–Kier alpha value is -3.32. The summed E-state index contributed by atoms with van der Waals surface area (Å²) in [6.45, 7) is 0. The number of hydrogen-bond donors (Lipinski definition) is 2. The molecule has 138 valence electrons. The highest BCUT2D eigenvalue weighted by Crippen LogP contribution is 2.36. The number of para-hydroxylation sites is 1. The van der Waals surface area contributed by atoms with E-state index in [9.17, 15) is 4.79 Å². The zero-order valence-corrected chi connectivity index (χ0v) is 15.4. The van der Waals surface area contributed by atoms with Crippen molar-refractivity contribution in [1.82, 2.24) is 9.97 Å². The van der Waals surface area contributed by atoms with E-state index >= 15 is 0 Å². The van der Waals surface area contributed by atoms with Gasteiger partial charge < -0.3 is 20.1 Å². The van der Waals surface area contributed by atoms with Crippen molar-refractivity contribution in [2.45, 2.75) is 0 Å². The Morgan fingerprint density at radius 2 is 1.74 bits per heavy atom. The van der Waals surface area contributed by atoms with E-state index in [-0.39, 0.29) is 5.69 Å². The lowest BCUT2D eigenvalue weighted by Gasteiger charge is -2.13. The quantitative estimate of drug-likeness (QED) is 0.664. The Balaban J connectivity index is 1.75. The number of nitrogens with one attached hydrogen (secondary N) is 2. The Labute approximate surface area is 161 Å². The van der Waals surface area contributed by atoms with E-state index in [1.54, 1.807) is 12.1 Å². The molecule has 0 radical (unpaired) electrons. The molecule has 7 nitrogen and oxygen atoms in total. The van der Waals surface area contributed by atoms with Crippen LogP contribution in [0, 0.1) is 0 Å². The highest BCUT2D eigenvalue weighted by atomic mass is 35.5. The average Bonchev–Trinajstić information content (AvgIpc) is 2.70. The largest absolute Gasteiger partial charge is 0.495 e. The molecule has 1 aromatic heterocycles. The fourth-order valence-electron chi connectivity index (χ4n) is 2.32. The third-order valence-corrected chi connectivity index (χ3v) is 3.95. The molecule has 0 spiro atoms. The number of ether oxygens (including phenoxy) is 2. The van der Waals surface area contributed by atoms with Gasteiger partial charge in [-0.3, -0.25) is 4.79 Å². The molecule has 0 aliphatic rings. The second-order valence-corrected chi connectivity index (χ2v) is 5.83. The number of halogens is 1. The number of rotatable bonds is 6. The molecule has 0 saturated carbocycles. The minimum atomic E-state index is -0.434. The average molecular weight is 385 g/mol. The number of anilines is 3. The minimum absolute atomic E-state index is 0.157. The molecule has 0 saturated heterocycles. The Bertz CT molecular complexity index is 934. The predicted octanol–water partition coefficient (Wildman–Crippen LogP) is 4.14. The molecule has 0 aliphatic heterocycles. The van der Waals surface area contributed by atoms with Crippen LogP contribution in [-0.2, 0) is 0 Å². The lowest BCUT2D eigenvalue weighted by atomic mass is 10.2. The molecular weight excluding hydrogens is 368 g/mol. The number of hydrogen-bond acceptors (Lipinski definition) is 6. The summed E-state index contributed by atoms with van der Waals surface area (Å²) >= 11 is 6.07. The smallest absolute Gasteiger partial charge is 0.275 e. The van der Waals surface area contributed by atoms with E-state index in [2.05, 4.69) is 20.6 Å². The maximum absolute atomic E-state index is 12.5. The van der Waals surface area contributed by atoms with Gasteiger partial charge in [-0.1, -0.05) is 29.8 Å². The molecule has 27 heavy (non-hydrogen) atoms. The van der Waals surface area contributed by atoms with Crippen LogP contribution in [0.5, 0.6) is 11.5 Å². The second-order valence-electron chi connectivity index (χ2n) is 5.42. The van der Waals surface area contributed by atoms with Gasteiger partial charge in [0.25, 0.3) is 5.91 Å². The SMILES string of the molecule is COc1cc(NC(=O)c2cnc(Nc3ccccc3)cn2)c(OC)cc1Cl. The maximum Gasteiger partial charge on any atom is 0.275 e. The van der Waals surface area contributed by atoms with Crippen molar-refractivity contribution in [3.8, 4) is 11.5 Å². The van der Waals surface area contributed by atoms with Crippen LogP contribution in [0.15, 0.2) is 54.9 Å². The molecule has 1 heterocycles. The third kappa shape index (κ3) is 4.45. The molecule has 0 fully saturated rings. The van der Waals surface area contributed by atoms with Gasteiger partial charge in [-0.25, -0.2) is 9.97 Å². The highest BCUT2D eigenvalue weighted by molar-refractivity contribution is 6.32. The van der Waals surface area contributed by atoms with Crippen molar-refractivity contribution in [1.29, 1.82) is 0 Å². The molecule has 3 rings (SSSR count). The summed E-state index contributed by atoms with van der Waals surface area (Å²) in [5.74, 6) is 0.922. The van der Waals surface area contributed by atoms with Crippen molar-refractivity contribution in [3.63, 3.8) is 0 Å². The molecule has 2 N–H and O–H groups in total. The number of benzene rings is 2. The van der Waals surface area contributed by atoms with Gasteiger partial charge in [0.15, 0.2) is 0 Å². The first-order chi connectivity index (χ1) is 13.1. The highest BCUT2D eigenvalue weighted by Gasteiger charge is 2.15. The summed E-state index contributed by atoms with van der Waals surface area (Å²) < 4.78 is 10.4. The Morgan fingerprint density at radius 1 is 1.00 bits per heavy atom. The van der Waals surface area contributed by atoms with Crippen LogP contribution < -0.4 is 20.1 Å². The Morgan fingerprint density at radius 3 is 2.37 bits per heavy atom. The summed E-state index contributed by atoms with van der Waals surface area (Å²) in [5.41, 5.74) is 1.45. The third-order valence-electron chi connectivity index (χ3n) is 3.65. The van der Waals surface area contributed by atoms with Crippen molar-refractivity contribution in [2.75, 3.05) is 24.9 Å².